The lowest BCUT2D eigenvalue weighted by Gasteiger charge is -2.05. The molecular formula is C9H8ClNO4S. The number of rotatable bonds is 2. The van der Waals surface area contributed by atoms with E-state index >= 15 is 0 Å². The molecule has 0 aliphatic carbocycles. The fraction of sp³-hybridized carbons (Fsp3) is 0.222. The maximum Gasteiger partial charge on any atom is 0.401 e. The third kappa shape index (κ3) is 2.86. The van der Waals surface area contributed by atoms with E-state index in [1.807, 2.05) is 30.3 Å². The molecular weight excluding hydrogens is 254 g/mol. The summed E-state index contributed by atoms with van der Waals surface area (Å²) in [6, 6.07) is 9.29. The molecule has 0 N–H and O–H groups in total. The average molecular weight is 262 g/mol. The highest BCUT2D eigenvalue weighted by Crippen LogP contribution is 2.24. The van der Waals surface area contributed by atoms with Gasteiger partial charge in [-0.2, -0.15) is 8.42 Å². The third-order valence-corrected chi connectivity index (χ3v) is 2.53. The Balaban J connectivity index is 2.13. The Kier molecular flexibility index (Phi) is 3.02. The van der Waals surface area contributed by atoms with Crippen molar-refractivity contribution in [1.82, 2.24) is 0 Å². The molecule has 0 spiro atoms. The molecule has 0 bridgehead atoms. The van der Waals surface area contributed by atoms with Crippen LogP contribution in [0.1, 0.15) is 11.7 Å². The van der Waals surface area contributed by atoms with Crippen LogP contribution in [0, 0.1) is 0 Å². The molecule has 1 aliphatic rings. The Morgan fingerprint density at radius 3 is 2.62 bits per heavy atom. The van der Waals surface area contributed by atoms with Gasteiger partial charge in [0.15, 0.2) is 6.10 Å². The largest absolute Gasteiger partial charge is 0.446 e. The van der Waals surface area contributed by atoms with Gasteiger partial charge in [-0.05, 0) is 5.56 Å². The Bertz CT molecular complexity index is 500. The van der Waals surface area contributed by atoms with E-state index in [1.54, 1.807) is 0 Å². The molecule has 0 saturated carbocycles. The van der Waals surface area contributed by atoms with Gasteiger partial charge in [-0.15, -0.1) is 0 Å². The standard InChI is InChI=1S/C9H8ClNO4S/c10-16(12,13)11-9-14-6-8(15-9)7-4-2-1-3-5-7/h1-5,8H,6H2/b11-9-. The van der Waals surface area contributed by atoms with Crippen molar-refractivity contribution >= 4 is 26.0 Å². The fourth-order valence-corrected chi connectivity index (χ4v) is 1.75. The van der Waals surface area contributed by atoms with Gasteiger partial charge < -0.3 is 9.47 Å². The first-order valence-electron chi connectivity index (χ1n) is 4.43. The van der Waals surface area contributed by atoms with E-state index in [1.165, 1.54) is 0 Å². The molecule has 1 unspecified atom stereocenters. The van der Waals surface area contributed by atoms with Crippen LogP contribution in [-0.2, 0) is 18.7 Å². The maximum absolute atomic E-state index is 10.6. The second-order valence-corrected chi connectivity index (χ2v) is 5.27. The number of ether oxygens (including phenoxy) is 2. The molecule has 2 rings (SSSR count). The minimum Gasteiger partial charge on any atom is -0.446 e. The van der Waals surface area contributed by atoms with Gasteiger partial charge in [0.05, 0.1) is 0 Å². The van der Waals surface area contributed by atoms with E-state index in [9.17, 15) is 8.42 Å². The van der Waals surface area contributed by atoms with Crippen molar-refractivity contribution in [2.45, 2.75) is 6.10 Å². The highest BCUT2D eigenvalue weighted by molar-refractivity contribution is 8.12. The van der Waals surface area contributed by atoms with E-state index in [2.05, 4.69) is 4.40 Å². The van der Waals surface area contributed by atoms with Gasteiger partial charge >= 0.3 is 15.3 Å². The topological polar surface area (TPSA) is 65.0 Å². The molecule has 0 radical (unpaired) electrons. The Labute approximate surface area is 97.2 Å². The number of hydrogen-bond donors (Lipinski definition) is 0. The van der Waals surface area contributed by atoms with E-state index in [-0.39, 0.29) is 18.8 Å². The quantitative estimate of drug-likeness (QED) is 0.759. The van der Waals surface area contributed by atoms with Gasteiger partial charge in [0.2, 0.25) is 0 Å². The van der Waals surface area contributed by atoms with Crippen LogP contribution in [0.15, 0.2) is 34.7 Å². The van der Waals surface area contributed by atoms with Crippen LogP contribution in [0.4, 0.5) is 0 Å². The third-order valence-electron chi connectivity index (χ3n) is 1.96. The van der Waals surface area contributed by atoms with Crippen LogP contribution >= 0.6 is 10.7 Å². The second-order valence-electron chi connectivity index (χ2n) is 3.10. The molecule has 1 aromatic carbocycles. The zero-order chi connectivity index (χ0) is 11.6. The van der Waals surface area contributed by atoms with Gasteiger partial charge in [-0.3, -0.25) is 0 Å². The van der Waals surface area contributed by atoms with Crippen molar-refractivity contribution in [3.8, 4) is 0 Å². The van der Waals surface area contributed by atoms with Gasteiger partial charge in [0.25, 0.3) is 0 Å². The molecule has 0 amide bonds. The summed E-state index contributed by atoms with van der Waals surface area (Å²) in [5.41, 5.74) is 0.889. The predicted molar refractivity (Wildman–Crippen MR) is 58.4 cm³/mol. The highest BCUT2D eigenvalue weighted by atomic mass is 35.7. The number of benzene rings is 1. The normalized spacial score (nSPS) is 22.8. The van der Waals surface area contributed by atoms with Crippen molar-refractivity contribution < 1.29 is 17.9 Å². The van der Waals surface area contributed by atoms with E-state index in [4.69, 9.17) is 20.2 Å². The first kappa shape index (κ1) is 11.2. The number of halogens is 1. The van der Waals surface area contributed by atoms with Crippen LogP contribution in [-0.4, -0.2) is 21.1 Å². The van der Waals surface area contributed by atoms with Crippen molar-refractivity contribution in [3.63, 3.8) is 0 Å². The van der Waals surface area contributed by atoms with Crippen LogP contribution in [0.25, 0.3) is 0 Å². The Morgan fingerprint density at radius 1 is 1.31 bits per heavy atom. The SMILES string of the molecule is O=S(=O)(Cl)/N=C1/OCC(c2ccccc2)O1. The minimum absolute atomic E-state index is 0.218. The summed E-state index contributed by atoms with van der Waals surface area (Å²) >= 11 is 0. The number of nitrogens with zero attached hydrogens (tertiary/aromatic N) is 1. The van der Waals surface area contributed by atoms with Crippen LogP contribution in [0.5, 0.6) is 0 Å². The first-order chi connectivity index (χ1) is 7.54. The van der Waals surface area contributed by atoms with Gasteiger partial charge in [-0.1, -0.05) is 34.7 Å². The smallest absolute Gasteiger partial charge is 0.401 e. The van der Waals surface area contributed by atoms with Crippen molar-refractivity contribution in [3.05, 3.63) is 35.9 Å². The summed E-state index contributed by atoms with van der Waals surface area (Å²) in [7, 11) is 0.929. The monoisotopic (exact) mass is 261 g/mol. The van der Waals surface area contributed by atoms with Crippen LogP contribution in [0.3, 0.4) is 0 Å². The Hall–Kier alpha value is -1.27. The number of hydrogen-bond acceptors (Lipinski definition) is 4. The molecule has 1 saturated heterocycles. The summed E-state index contributed by atoms with van der Waals surface area (Å²) < 4.78 is 34.5. The maximum atomic E-state index is 10.6. The first-order valence-corrected chi connectivity index (χ1v) is 6.70. The lowest BCUT2D eigenvalue weighted by Crippen LogP contribution is -2.01. The fourth-order valence-electron chi connectivity index (χ4n) is 1.31. The molecule has 1 fully saturated rings. The Morgan fingerprint density at radius 2 is 2.00 bits per heavy atom. The minimum atomic E-state index is -4.00. The molecule has 7 heteroatoms. The predicted octanol–water partition coefficient (Wildman–Crippen LogP) is 1.61. The average Bonchev–Trinajstić information content (AvgIpc) is 2.65. The molecule has 16 heavy (non-hydrogen) atoms. The van der Waals surface area contributed by atoms with E-state index in [0.29, 0.717) is 0 Å². The van der Waals surface area contributed by atoms with Crippen molar-refractivity contribution in [2.75, 3.05) is 6.61 Å². The van der Waals surface area contributed by atoms with Crippen LogP contribution < -0.4 is 0 Å². The van der Waals surface area contributed by atoms with E-state index in [0.717, 1.165) is 5.56 Å². The van der Waals surface area contributed by atoms with Gasteiger partial charge in [0, 0.05) is 10.7 Å². The molecule has 5 nitrogen and oxygen atoms in total. The summed E-state index contributed by atoms with van der Waals surface area (Å²) in [4.78, 5) is 0. The van der Waals surface area contributed by atoms with E-state index < -0.39 is 9.24 Å². The molecule has 86 valence electrons. The molecule has 0 aromatic heterocycles. The summed E-state index contributed by atoms with van der Waals surface area (Å²) in [5.74, 6) is 0. The summed E-state index contributed by atoms with van der Waals surface area (Å²) in [5, 5.41) is 0. The van der Waals surface area contributed by atoms with Crippen molar-refractivity contribution in [1.29, 1.82) is 0 Å². The van der Waals surface area contributed by atoms with Crippen molar-refractivity contribution in [2.24, 2.45) is 4.40 Å². The molecule has 1 aromatic rings. The zero-order valence-corrected chi connectivity index (χ0v) is 9.61. The molecule has 1 aliphatic heterocycles. The summed E-state index contributed by atoms with van der Waals surface area (Å²) in [6.07, 6.45) is -0.665. The second kappa shape index (κ2) is 4.31. The highest BCUT2D eigenvalue weighted by Gasteiger charge is 2.26. The summed E-state index contributed by atoms with van der Waals surface area (Å²) in [6.45, 7) is 0.218. The molecule has 1 heterocycles. The molecule has 1 atom stereocenters. The lowest BCUT2D eigenvalue weighted by molar-refractivity contribution is 0.233. The van der Waals surface area contributed by atoms with Crippen LogP contribution in [0.2, 0.25) is 0 Å². The lowest BCUT2D eigenvalue weighted by atomic mass is 10.1. The van der Waals surface area contributed by atoms with Gasteiger partial charge in [-0.25, -0.2) is 0 Å². The van der Waals surface area contributed by atoms with Gasteiger partial charge in [0.1, 0.15) is 6.61 Å². The zero-order valence-electron chi connectivity index (χ0n) is 8.04.